The van der Waals surface area contributed by atoms with Gasteiger partial charge >= 0.3 is 5.97 Å². The highest BCUT2D eigenvalue weighted by molar-refractivity contribution is 7.12. The molecule has 0 aliphatic heterocycles. The van der Waals surface area contributed by atoms with Crippen LogP contribution in [-0.2, 0) is 9.53 Å². The monoisotopic (exact) mass is 369 g/mol. The zero-order valence-electron chi connectivity index (χ0n) is 14.6. The van der Waals surface area contributed by atoms with Gasteiger partial charge in [0, 0.05) is 28.6 Å². The van der Waals surface area contributed by atoms with Gasteiger partial charge in [0.15, 0.2) is 11.9 Å². The number of esters is 1. The van der Waals surface area contributed by atoms with Crippen LogP contribution in [0.3, 0.4) is 0 Å². The zero-order valence-corrected chi connectivity index (χ0v) is 15.4. The van der Waals surface area contributed by atoms with Crippen molar-refractivity contribution in [1.82, 2.24) is 4.98 Å². The van der Waals surface area contributed by atoms with E-state index < -0.39 is 12.1 Å². The lowest BCUT2D eigenvalue weighted by Crippen LogP contribution is -2.25. The van der Waals surface area contributed by atoms with Gasteiger partial charge in [-0.1, -0.05) is 24.3 Å². The Hall–Kier alpha value is -2.73. The van der Waals surface area contributed by atoms with Crippen LogP contribution < -0.4 is 0 Å². The molecule has 0 aliphatic carbocycles. The van der Waals surface area contributed by atoms with Crippen molar-refractivity contribution in [2.24, 2.45) is 0 Å². The summed E-state index contributed by atoms with van der Waals surface area (Å²) in [6.07, 6.45) is -0.870. The molecule has 0 spiro atoms. The maximum atomic E-state index is 12.7. The summed E-state index contributed by atoms with van der Waals surface area (Å²) in [6.45, 7) is 3.38. The van der Waals surface area contributed by atoms with Gasteiger partial charge in [0.05, 0.1) is 11.3 Å². The lowest BCUT2D eigenvalue weighted by Gasteiger charge is -2.12. The minimum Gasteiger partial charge on any atom is -0.454 e. The van der Waals surface area contributed by atoms with Crippen LogP contribution in [0.4, 0.5) is 0 Å². The van der Waals surface area contributed by atoms with E-state index in [9.17, 15) is 14.4 Å². The van der Waals surface area contributed by atoms with Crippen LogP contribution >= 0.6 is 11.3 Å². The Morgan fingerprint density at radius 2 is 1.88 bits per heavy atom. The largest absolute Gasteiger partial charge is 0.454 e. The Bertz CT molecular complexity index is 956. The number of Topliss-reactive ketones (excluding diaryl/α,β-unsaturated/α-hetero) is 2. The van der Waals surface area contributed by atoms with E-state index in [1.54, 1.807) is 19.1 Å². The molecule has 0 saturated carbocycles. The van der Waals surface area contributed by atoms with Gasteiger partial charge in [-0.05, 0) is 31.4 Å². The minimum absolute atomic E-state index is 0.0405. The van der Waals surface area contributed by atoms with Gasteiger partial charge in [-0.25, -0.2) is 0 Å². The van der Waals surface area contributed by atoms with Gasteiger partial charge < -0.3 is 9.72 Å². The molecule has 1 atom stereocenters. The average molecular weight is 369 g/mol. The first-order valence-corrected chi connectivity index (χ1v) is 9.23. The van der Waals surface area contributed by atoms with Gasteiger partial charge in [-0.3, -0.25) is 14.4 Å². The summed E-state index contributed by atoms with van der Waals surface area (Å²) in [4.78, 5) is 40.5. The summed E-state index contributed by atoms with van der Waals surface area (Å²) in [5, 5.41) is 2.63. The second kappa shape index (κ2) is 7.66. The Morgan fingerprint density at radius 3 is 2.62 bits per heavy atom. The third-order valence-electron chi connectivity index (χ3n) is 4.17. The number of hydrogen-bond acceptors (Lipinski definition) is 5. The topological polar surface area (TPSA) is 76.2 Å². The number of ether oxygens (including phenoxy) is 1. The van der Waals surface area contributed by atoms with E-state index in [1.165, 1.54) is 11.3 Å². The molecule has 1 N–H and O–H groups in total. The van der Waals surface area contributed by atoms with Crippen LogP contribution in [0.25, 0.3) is 10.9 Å². The molecule has 0 bridgehead atoms. The molecule has 2 heterocycles. The fraction of sp³-hybridized carbons (Fsp3) is 0.250. The Kier molecular flexibility index (Phi) is 5.32. The van der Waals surface area contributed by atoms with Gasteiger partial charge in [-0.15, -0.1) is 11.3 Å². The number of aromatic nitrogens is 1. The van der Waals surface area contributed by atoms with Crippen molar-refractivity contribution in [2.45, 2.75) is 32.8 Å². The molecular formula is C20H19NO4S. The highest BCUT2D eigenvalue weighted by Gasteiger charge is 2.24. The molecule has 3 rings (SSSR count). The first kappa shape index (κ1) is 18.1. The number of rotatable bonds is 7. The van der Waals surface area contributed by atoms with Crippen LogP contribution in [0.1, 0.15) is 45.5 Å². The maximum absolute atomic E-state index is 12.7. The zero-order chi connectivity index (χ0) is 18.7. The lowest BCUT2D eigenvalue weighted by molar-refractivity contribution is -0.146. The standard InChI is InChI=1S/C20H19NO4S/c1-12-19(14-6-3-4-7-15(14)21-12)20(24)13(2)25-18(23)10-9-16(22)17-8-5-11-26-17/h3-8,11,13,21H,9-10H2,1-2H3/t13-/m1/s1. The van der Waals surface area contributed by atoms with Gasteiger partial charge in [0.2, 0.25) is 5.78 Å². The first-order chi connectivity index (χ1) is 12.5. The third-order valence-corrected chi connectivity index (χ3v) is 5.08. The van der Waals surface area contributed by atoms with Crippen molar-refractivity contribution in [3.05, 3.63) is 57.9 Å². The second-order valence-electron chi connectivity index (χ2n) is 6.07. The van der Waals surface area contributed by atoms with Crippen molar-refractivity contribution in [3.8, 4) is 0 Å². The lowest BCUT2D eigenvalue weighted by atomic mass is 10.0. The average Bonchev–Trinajstić information content (AvgIpc) is 3.26. The van der Waals surface area contributed by atoms with Crippen molar-refractivity contribution < 1.29 is 19.1 Å². The normalized spacial score (nSPS) is 12.1. The van der Waals surface area contributed by atoms with Gasteiger partial charge in [-0.2, -0.15) is 0 Å². The van der Waals surface area contributed by atoms with E-state index >= 15 is 0 Å². The number of hydrogen-bond donors (Lipinski definition) is 1. The van der Waals surface area contributed by atoms with E-state index in [-0.39, 0.29) is 24.4 Å². The smallest absolute Gasteiger partial charge is 0.306 e. The molecule has 0 aliphatic rings. The number of fused-ring (bicyclic) bond motifs is 1. The number of thiophene rings is 1. The fourth-order valence-electron chi connectivity index (χ4n) is 2.88. The molecule has 0 saturated heterocycles. The van der Waals surface area contributed by atoms with Crippen LogP contribution in [0.2, 0.25) is 0 Å². The first-order valence-electron chi connectivity index (χ1n) is 8.35. The molecule has 0 unspecified atom stereocenters. The number of carbonyl (C=O) groups excluding carboxylic acids is 3. The predicted molar refractivity (Wildman–Crippen MR) is 101 cm³/mol. The molecule has 2 aromatic heterocycles. The van der Waals surface area contributed by atoms with Crippen LogP contribution in [0, 0.1) is 6.92 Å². The Labute approximate surface area is 155 Å². The quantitative estimate of drug-likeness (QED) is 0.497. The van der Waals surface area contributed by atoms with Crippen LogP contribution in [-0.4, -0.2) is 28.6 Å². The number of carbonyl (C=O) groups is 3. The summed E-state index contributed by atoms with van der Waals surface area (Å²) in [5.74, 6) is -0.894. The SMILES string of the molecule is Cc1[nH]c2ccccc2c1C(=O)[C@@H](C)OC(=O)CCC(=O)c1cccs1. The number of aryl methyl sites for hydroxylation is 1. The highest BCUT2D eigenvalue weighted by atomic mass is 32.1. The number of ketones is 2. The fourth-order valence-corrected chi connectivity index (χ4v) is 3.58. The third kappa shape index (κ3) is 3.75. The summed E-state index contributed by atoms with van der Waals surface area (Å²) < 4.78 is 5.26. The number of H-pyrrole nitrogens is 1. The van der Waals surface area contributed by atoms with Gasteiger partial charge in [0.1, 0.15) is 0 Å². The Balaban J connectivity index is 1.62. The predicted octanol–water partition coefficient (Wildman–Crippen LogP) is 4.32. The van der Waals surface area contributed by atoms with Crippen molar-refractivity contribution in [2.75, 3.05) is 0 Å². The van der Waals surface area contributed by atoms with E-state index in [4.69, 9.17) is 4.74 Å². The molecule has 3 aromatic rings. The van der Waals surface area contributed by atoms with E-state index in [0.29, 0.717) is 10.4 Å². The summed E-state index contributed by atoms with van der Waals surface area (Å²) in [6, 6.07) is 11.0. The molecule has 0 fully saturated rings. The van der Waals surface area contributed by atoms with E-state index in [0.717, 1.165) is 16.6 Å². The number of nitrogens with one attached hydrogen (secondary N) is 1. The summed E-state index contributed by atoms with van der Waals surface area (Å²) in [7, 11) is 0. The van der Waals surface area contributed by atoms with Gasteiger partial charge in [0.25, 0.3) is 0 Å². The molecule has 0 amide bonds. The molecule has 26 heavy (non-hydrogen) atoms. The number of aromatic amines is 1. The van der Waals surface area contributed by atoms with Crippen molar-refractivity contribution in [1.29, 1.82) is 0 Å². The summed E-state index contributed by atoms with van der Waals surface area (Å²) in [5.41, 5.74) is 2.15. The number of para-hydroxylation sites is 1. The van der Waals surface area contributed by atoms with E-state index in [1.807, 2.05) is 36.6 Å². The van der Waals surface area contributed by atoms with E-state index in [2.05, 4.69) is 4.98 Å². The molecule has 1 aromatic carbocycles. The highest BCUT2D eigenvalue weighted by Crippen LogP contribution is 2.24. The number of benzene rings is 1. The Morgan fingerprint density at radius 1 is 1.12 bits per heavy atom. The molecule has 5 nitrogen and oxygen atoms in total. The molecule has 134 valence electrons. The van der Waals surface area contributed by atoms with Crippen LogP contribution in [0.5, 0.6) is 0 Å². The van der Waals surface area contributed by atoms with Crippen molar-refractivity contribution >= 4 is 39.8 Å². The maximum Gasteiger partial charge on any atom is 0.306 e. The summed E-state index contributed by atoms with van der Waals surface area (Å²) >= 11 is 1.34. The molecular weight excluding hydrogens is 350 g/mol. The molecule has 6 heteroatoms. The second-order valence-corrected chi connectivity index (χ2v) is 7.02. The minimum atomic E-state index is -0.905. The van der Waals surface area contributed by atoms with Crippen molar-refractivity contribution in [3.63, 3.8) is 0 Å². The molecule has 0 radical (unpaired) electrons. The van der Waals surface area contributed by atoms with Crippen LogP contribution in [0.15, 0.2) is 41.8 Å².